The number of aliphatic imine (C=N–C) groups is 1. The highest BCUT2D eigenvalue weighted by molar-refractivity contribution is 6.02. The zero-order valence-corrected chi connectivity index (χ0v) is 14.4. The standard InChI is InChI=1S/C20H19N5O/c1-25-11-10-21-19(25)18-15(12-6-3-2-4-7-12)17-16-13(20(26)24-23-17)8-5-9-14(16)22-18/h2-9,15,18,22H,10-11H2,1H3,(H,24,26). The van der Waals surface area contributed by atoms with Gasteiger partial charge in [-0.05, 0) is 17.7 Å². The maximum absolute atomic E-state index is 12.3. The molecule has 0 fully saturated rings. The number of aromatic nitrogens is 2. The molecule has 6 nitrogen and oxygen atoms in total. The van der Waals surface area contributed by atoms with Gasteiger partial charge in [-0.1, -0.05) is 36.4 Å². The van der Waals surface area contributed by atoms with E-state index in [9.17, 15) is 4.79 Å². The molecule has 1 aromatic heterocycles. The molecule has 0 saturated carbocycles. The SMILES string of the molecule is CN1CCN=C1C1Nc2cccc3c(=O)[nH]nc(c23)C1c1ccccc1. The summed E-state index contributed by atoms with van der Waals surface area (Å²) in [5.74, 6) is 1.01. The lowest BCUT2D eigenvalue weighted by atomic mass is 9.82. The number of likely N-dealkylation sites (N-methyl/N-ethyl adjacent to an activating group) is 1. The van der Waals surface area contributed by atoms with Crippen molar-refractivity contribution in [1.82, 2.24) is 15.1 Å². The lowest BCUT2D eigenvalue weighted by Crippen LogP contribution is -2.45. The minimum absolute atomic E-state index is 0.0234. The van der Waals surface area contributed by atoms with E-state index in [-0.39, 0.29) is 17.5 Å². The van der Waals surface area contributed by atoms with Crippen molar-refractivity contribution in [3.05, 3.63) is 70.1 Å². The predicted molar refractivity (Wildman–Crippen MR) is 103 cm³/mol. The predicted octanol–water partition coefficient (Wildman–Crippen LogP) is 2.19. The van der Waals surface area contributed by atoms with Gasteiger partial charge < -0.3 is 10.2 Å². The number of hydrogen-bond donors (Lipinski definition) is 2. The molecule has 2 atom stereocenters. The number of H-pyrrole nitrogens is 1. The molecular weight excluding hydrogens is 326 g/mol. The van der Waals surface area contributed by atoms with Crippen LogP contribution in [-0.2, 0) is 0 Å². The number of aromatic amines is 1. The van der Waals surface area contributed by atoms with E-state index in [1.165, 1.54) is 0 Å². The second kappa shape index (κ2) is 5.69. The van der Waals surface area contributed by atoms with Crippen LogP contribution in [-0.4, -0.2) is 47.1 Å². The van der Waals surface area contributed by atoms with E-state index in [4.69, 9.17) is 4.99 Å². The quantitative estimate of drug-likeness (QED) is 0.747. The summed E-state index contributed by atoms with van der Waals surface area (Å²) >= 11 is 0. The van der Waals surface area contributed by atoms with Crippen LogP contribution in [0, 0.1) is 0 Å². The van der Waals surface area contributed by atoms with E-state index in [1.54, 1.807) is 0 Å². The Morgan fingerprint density at radius 3 is 2.73 bits per heavy atom. The summed E-state index contributed by atoms with van der Waals surface area (Å²) in [5, 5.41) is 12.4. The monoisotopic (exact) mass is 345 g/mol. The van der Waals surface area contributed by atoms with Crippen LogP contribution in [0.4, 0.5) is 5.69 Å². The zero-order chi connectivity index (χ0) is 17.7. The third-order valence-corrected chi connectivity index (χ3v) is 5.32. The number of rotatable bonds is 2. The molecule has 6 heteroatoms. The molecule has 0 aliphatic carbocycles. The molecule has 0 spiro atoms. The minimum Gasteiger partial charge on any atom is -0.374 e. The van der Waals surface area contributed by atoms with E-state index < -0.39 is 0 Å². The Balaban J connectivity index is 1.79. The van der Waals surface area contributed by atoms with Gasteiger partial charge in [0.15, 0.2) is 0 Å². The first kappa shape index (κ1) is 15.1. The average Bonchev–Trinajstić information content (AvgIpc) is 3.10. The van der Waals surface area contributed by atoms with Gasteiger partial charge in [0, 0.05) is 24.7 Å². The van der Waals surface area contributed by atoms with Crippen LogP contribution < -0.4 is 10.9 Å². The minimum atomic E-state index is -0.159. The molecule has 0 amide bonds. The van der Waals surface area contributed by atoms with Gasteiger partial charge in [-0.3, -0.25) is 9.79 Å². The second-order valence-electron chi connectivity index (χ2n) is 6.84. The highest BCUT2D eigenvalue weighted by Gasteiger charge is 2.38. The van der Waals surface area contributed by atoms with Crippen LogP contribution in [0.15, 0.2) is 58.3 Å². The van der Waals surface area contributed by atoms with Crippen molar-refractivity contribution in [2.45, 2.75) is 12.0 Å². The fourth-order valence-corrected chi connectivity index (χ4v) is 4.11. The molecule has 2 aliphatic heterocycles. The smallest absolute Gasteiger partial charge is 0.272 e. The van der Waals surface area contributed by atoms with Gasteiger partial charge in [-0.25, -0.2) is 5.10 Å². The van der Waals surface area contributed by atoms with Crippen LogP contribution in [0.3, 0.4) is 0 Å². The zero-order valence-electron chi connectivity index (χ0n) is 14.4. The summed E-state index contributed by atoms with van der Waals surface area (Å²) in [6.07, 6.45) is 0. The Labute approximate surface area is 150 Å². The summed E-state index contributed by atoms with van der Waals surface area (Å²) in [6.45, 7) is 1.73. The Hall–Kier alpha value is -3.15. The molecule has 0 saturated heterocycles. The number of amidine groups is 1. The molecule has 0 radical (unpaired) electrons. The van der Waals surface area contributed by atoms with Gasteiger partial charge >= 0.3 is 0 Å². The Bertz CT molecular complexity index is 1070. The molecule has 2 aliphatic rings. The van der Waals surface area contributed by atoms with E-state index in [0.717, 1.165) is 41.3 Å². The maximum Gasteiger partial charge on any atom is 0.272 e. The van der Waals surface area contributed by atoms with Gasteiger partial charge in [0.1, 0.15) is 5.84 Å². The normalized spacial score (nSPS) is 21.6. The summed E-state index contributed by atoms with van der Waals surface area (Å²) in [6, 6.07) is 16.1. The average molecular weight is 345 g/mol. The Morgan fingerprint density at radius 1 is 1.12 bits per heavy atom. The van der Waals surface area contributed by atoms with Crippen LogP contribution >= 0.6 is 0 Å². The van der Waals surface area contributed by atoms with Crippen molar-refractivity contribution >= 4 is 22.3 Å². The second-order valence-corrected chi connectivity index (χ2v) is 6.84. The largest absolute Gasteiger partial charge is 0.374 e. The van der Waals surface area contributed by atoms with Gasteiger partial charge in [0.2, 0.25) is 0 Å². The number of nitrogens with one attached hydrogen (secondary N) is 2. The molecule has 130 valence electrons. The van der Waals surface area contributed by atoms with Crippen LogP contribution in [0.1, 0.15) is 17.2 Å². The third kappa shape index (κ3) is 2.15. The molecule has 3 heterocycles. The maximum atomic E-state index is 12.3. The highest BCUT2D eigenvalue weighted by Crippen LogP contribution is 2.40. The lowest BCUT2D eigenvalue weighted by molar-refractivity contribution is 0.528. The number of hydrogen-bond acceptors (Lipinski definition) is 5. The first-order chi connectivity index (χ1) is 12.7. The molecule has 2 unspecified atom stereocenters. The van der Waals surface area contributed by atoms with Gasteiger partial charge in [-0.15, -0.1) is 0 Å². The van der Waals surface area contributed by atoms with E-state index >= 15 is 0 Å². The fraction of sp³-hybridized carbons (Fsp3) is 0.250. The van der Waals surface area contributed by atoms with Crippen LogP contribution in [0.5, 0.6) is 0 Å². The van der Waals surface area contributed by atoms with E-state index in [1.807, 2.05) is 36.4 Å². The molecule has 26 heavy (non-hydrogen) atoms. The molecule has 3 aromatic rings. The van der Waals surface area contributed by atoms with E-state index in [2.05, 4.69) is 39.6 Å². The summed E-state index contributed by atoms with van der Waals surface area (Å²) < 4.78 is 0. The van der Waals surface area contributed by atoms with Crippen LogP contribution in [0.25, 0.3) is 10.8 Å². The molecule has 2 aromatic carbocycles. The highest BCUT2D eigenvalue weighted by atomic mass is 16.1. The number of anilines is 1. The third-order valence-electron chi connectivity index (χ3n) is 5.32. The first-order valence-corrected chi connectivity index (χ1v) is 8.82. The first-order valence-electron chi connectivity index (χ1n) is 8.82. The summed E-state index contributed by atoms with van der Waals surface area (Å²) in [5.41, 5.74) is 2.83. The molecule has 5 rings (SSSR count). The number of benzene rings is 2. The molecule has 2 N–H and O–H groups in total. The Kier molecular flexibility index (Phi) is 3.31. The van der Waals surface area contributed by atoms with Crippen LogP contribution in [0.2, 0.25) is 0 Å². The van der Waals surface area contributed by atoms with Crippen molar-refractivity contribution in [3.63, 3.8) is 0 Å². The van der Waals surface area contributed by atoms with Crippen molar-refractivity contribution < 1.29 is 0 Å². The topological polar surface area (TPSA) is 73.4 Å². The van der Waals surface area contributed by atoms with Gasteiger partial charge in [0.05, 0.1) is 29.6 Å². The number of nitrogens with zero attached hydrogens (tertiary/aromatic N) is 3. The van der Waals surface area contributed by atoms with Crippen molar-refractivity contribution in [2.75, 3.05) is 25.5 Å². The summed E-state index contributed by atoms with van der Waals surface area (Å²) in [7, 11) is 2.08. The lowest BCUT2D eigenvalue weighted by Gasteiger charge is -2.36. The molecular formula is C20H19N5O. The molecule has 0 bridgehead atoms. The van der Waals surface area contributed by atoms with E-state index in [0.29, 0.717) is 5.39 Å². The fourth-order valence-electron chi connectivity index (χ4n) is 4.11. The van der Waals surface area contributed by atoms with Crippen molar-refractivity contribution in [1.29, 1.82) is 0 Å². The van der Waals surface area contributed by atoms with Crippen molar-refractivity contribution in [3.8, 4) is 0 Å². The van der Waals surface area contributed by atoms with Crippen molar-refractivity contribution in [2.24, 2.45) is 4.99 Å². The summed E-state index contributed by atoms with van der Waals surface area (Å²) in [4.78, 5) is 19.2. The van der Waals surface area contributed by atoms with Gasteiger partial charge in [-0.2, -0.15) is 5.10 Å². The van der Waals surface area contributed by atoms with Gasteiger partial charge in [0.25, 0.3) is 5.56 Å². The Morgan fingerprint density at radius 2 is 1.96 bits per heavy atom.